The van der Waals surface area contributed by atoms with E-state index in [0.29, 0.717) is 11.1 Å². The number of aromatic carboxylic acids is 1. The largest absolute Gasteiger partial charge is 0.507 e. The number of para-hydroxylation sites is 1. The molecule has 0 heterocycles. The number of aromatic hydroxyl groups is 4. The summed E-state index contributed by atoms with van der Waals surface area (Å²) in [5.41, 5.74) is 0.979. The molecule has 0 aliphatic rings. The maximum Gasteiger partial charge on any atom is 0.335 e. The van der Waals surface area contributed by atoms with Crippen LogP contribution >= 0.6 is 0 Å². The fourth-order valence-electron chi connectivity index (χ4n) is 2.42. The number of hydrogen-bond donors (Lipinski definition) is 5. The number of phenolic OH excluding ortho intramolecular Hbond substituents is 4. The highest BCUT2D eigenvalue weighted by atomic mass is 16.4. The Balaban J connectivity index is 0.000000337. The molecule has 0 atom stereocenters. The Bertz CT molecular complexity index is 770. The molecule has 0 aromatic heterocycles. The van der Waals surface area contributed by atoms with E-state index in [-0.39, 0.29) is 33.6 Å². The van der Waals surface area contributed by atoms with Gasteiger partial charge >= 0.3 is 5.97 Å². The van der Waals surface area contributed by atoms with Crippen LogP contribution in [0.1, 0.15) is 63.0 Å². The summed E-state index contributed by atoms with van der Waals surface area (Å²) < 4.78 is 0. The highest BCUT2D eigenvalue weighted by Gasteiger charge is 2.27. The molecule has 0 unspecified atom stereocenters. The predicted octanol–water partition coefficient (Wildman–Crippen LogP) is 4.49. The molecule has 0 amide bonds. The maximum atomic E-state index is 11.2. The summed E-state index contributed by atoms with van der Waals surface area (Å²) in [6, 6.07) is 7.13. The van der Waals surface area contributed by atoms with Crippen molar-refractivity contribution in [3.05, 3.63) is 47.0 Å². The second-order valence-corrected chi connectivity index (χ2v) is 8.37. The Morgan fingerprint density at radius 3 is 1.37 bits per heavy atom. The summed E-state index contributed by atoms with van der Waals surface area (Å²) in [6.45, 7) is 11.8. The van der Waals surface area contributed by atoms with E-state index in [1.807, 2.05) is 41.5 Å². The van der Waals surface area contributed by atoms with Crippen LogP contribution in [0.25, 0.3) is 0 Å². The van der Waals surface area contributed by atoms with Gasteiger partial charge in [-0.2, -0.15) is 0 Å². The fourth-order valence-corrected chi connectivity index (χ4v) is 2.42. The monoisotopic (exact) mass is 376 g/mol. The quantitative estimate of drug-likeness (QED) is 0.468. The lowest BCUT2D eigenvalue weighted by molar-refractivity contribution is 0.0696. The molecule has 0 bridgehead atoms. The van der Waals surface area contributed by atoms with Gasteiger partial charge in [-0.05, 0) is 35.1 Å². The van der Waals surface area contributed by atoms with E-state index in [4.69, 9.17) is 15.3 Å². The van der Waals surface area contributed by atoms with Crippen LogP contribution in [-0.2, 0) is 10.8 Å². The van der Waals surface area contributed by atoms with Gasteiger partial charge in [0.1, 0.15) is 5.75 Å². The molecule has 148 valence electrons. The van der Waals surface area contributed by atoms with E-state index in [1.54, 1.807) is 12.1 Å². The van der Waals surface area contributed by atoms with Gasteiger partial charge in [-0.1, -0.05) is 47.6 Å². The second kappa shape index (κ2) is 7.78. The van der Waals surface area contributed by atoms with Crippen LogP contribution in [0.5, 0.6) is 23.0 Å². The SMILES string of the molecule is CC(C)(C)c1cc(C(=O)O)cc(C(C)(C)C)c1O.Oc1cccc(O)c1O. The van der Waals surface area contributed by atoms with Gasteiger partial charge in [0, 0.05) is 11.1 Å². The van der Waals surface area contributed by atoms with Crippen molar-refractivity contribution >= 4 is 5.97 Å². The first-order chi connectivity index (χ1) is 12.2. The van der Waals surface area contributed by atoms with Gasteiger partial charge in [0.25, 0.3) is 0 Å². The molecule has 0 saturated heterocycles. The van der Waals surface area contributed by atoms with Crippen LogP contribution in [-0.4, -0.2) is 31.5 Å². The second-order valence-electron chi connectivity index (χ2n) is 8.37. The number of carboxylic acids is 1. The normalized spacial score (nSPS) is 11.5. The molecule has 0 fully saturated rings. The molecule has 2 rings (SSSR count). The van der Waals surface area contributed by atoms with E-state index in [2.05, 4.69) is 0 Å². The first-order valence-electron chi connectivity index (χ1n) is 8.47. The van der Waals surface area contributed by atoms with Crippen molar-refractivity contribution in [1.82, 2.24) is 0 Å². The minimum Gasteiger partial charge on any atom is -0.507 e. The molecular weight excluding hydrogens is 348 g/mol. The molecule has 27 heavy (non-hydrogen) atoms. The van der Waals surface area contributed by atoms with Gasteiger partial charge in [0.15, 0.2) is 17.2 Å². The van der Waals surface area contributed by atoms with Gasteiger partial charge in [-0.3, -0.25) is 0 Å². The van der Waals surface area contributed by atoms with Gasteiger partial charge in [-0.15, -0.1) is 0 Å². The summed E-state index contributed by atoms with van der Waals surface area (Å²) in [7, 11) is 0. The van der Waals surface area contributed by atoms with E-state index >= 15 is 0 Å². The molecular formula is C21H28O6. The molecule has 6 heteroatoms. The molecule has 2 aromatic carbocycles. The van der Waals surface area contributed by atoms with Crippen molar-refractivity contribution in [2.45, 2.75) is 52.4 Å². The molecule has 0 saturated carbocycles. The van der Waals surface area contributed by atoms with Crippen LogP contribution in [0, 0.1) is 0 Å². The van der Waals surface area contributed by atoms with Crippen molar-refractivity contribution in [3.8, 4) is 23.0 Å². The Hall–Kier alpha value is -2.89. The smallest absolute Gasteiger partial charge is 0.335 e. The molecule has 0 aliphatic heterocycles. The van der Waals surface area contributed by atoms with Gasteiger partial charge in [0.05, 0.1) is 5.56 Å². The van der Waals surface area contributed by atoms with Crippen molar-refractivity contribution in [2.24, 2.45) is 0 Å². The standard InChI is InChI=1S/C15H22O3.C6H6O3/c1-14(2,3)10-7-9(13(17)18)8-11(12(10)16)15(4,5)6;7-4-2-1-3-5(8)6(4)9/h7-8,16H,1-6H3,(H,17,18);1-3,7-9H. The number of carboxylic acid groups (broad SMARTS) is 1. The molecule has 6 nitrogen and oxygen atoms in total. The van der Waals surface area contributed by atoms with Gasteiger partial charge in [-0.25, -0.2) is 4.79 Å². The number of benzene rings is 2. The van der Waals surface area contributed by atoms with Gasteiger partial charge < -0.3 is 25.5 Å². The lowest BCUT2D eigenvalue weighted by Crippen LogP contribution is -2.18. The third kappa shape index (κ3) is 5.54. The Morgan fingerprint density at radius 2 is 1.11 bits per heavy atom. The minimum absolute atomic E-state index is 0.208. The predicted molar refractivity (Wildman–Crippen MR) is 104 cm³/mol. The minimum atomic E-state index is -0.967. The van der Waals surface area contributed by atoms with Crippen LogP contribution in [0.2, 0.25) is 0 Å². The van der Waals surface area contributed by atoms with Crippen molar-refractivity contribution in [3.63, 3.8) is 0 Å². The lowest BCUT2D eigenvalue weighted by atomic mass is 9.78. The summed E-state index contributed by atoms with van der Waals surface area (Å²) in [5.74, 6) is -1.85. The molecule has 0 aliphatic carbocycles. The summed E-state index contributed by atoms with van der Waals surface area (Å²) >= 11 is 0. The summed E-state index contributed by atoms with van der Waals surface area (Å²) in [4.78, 5) is 11.2. The Morgan fingerprint density at radius 1 is 0.741 bits per heavy atom. The average molecular weight is 376 g/mol. The summed E-state index contributed by atoms with van der Waals surface area (Å²) in [5, 5.41) is 45.6. The highest BCUT2D eigenvalue weighted by molar-refractivity contribution is 5.88. The topological polar surface area (TPSA) is 118 Å². The van der Waals surface area contributed by atoms with Crippen molar-refractivity contribution in [1.29, 1.82) is 0 Å². The van der Waals surface area contributed by atoms with E-state index in [9.17, 15) is 15.0 Å². The number of carbonyl (C=O) groups is 1. The Kier molecular flexibility index (Phi) is 6.38. The number of phenols is 4. The first-order valence-corrected chi connectivity index (χ1v) is 8.47. The van der Waals surface area contributed by atoms with Gasteiger partial charge in [0.2, 0.25) is 0 Å². The molecule has 5 N–H and O–H groups in total. The Labute approximate surface area is 159 Å². The zero-order valence-corrected chi connectivity index (χ0v) is 16.5. The average Bonchev–Trinajstić information content (AvgIpc) is 2.50. The van der Waals surface area contributed by atoms with Crippen LogP contribution in [0.15, 0.2) is 30.3 Å². The van der Waals surface area contributed by atoms with E-state index in [1.165, 1.54) is 18.2 Å². The van der Waals surface area contributed by atoms with Crippen LogP contribution in [0.4, 0.5) is 0 Å². The molecule has 2 aromatic rings. The summed E-state index contributed by atoms with van der Waals surface area (Å²) in [6.07, 6.45) is 0. The highest BCUT2D eigenvalue weighted by Crippen LogP contribution is 2.39. The zero-order chi connectivity index (χ0) is 21.2. The fraction of sp³-hybridized carbons (Fsp3) is 0.381. The van der Waals surface area contributed by atoms with Crippen LogP contribution in [0.3, 0.4) is 0 Å². The van der Waals surface area contributed by atoms with Crippen molar-refractivity contribution in [2.75, 3.05) is 0 Å². The van der Waals surface area contributed by atoms with Crippen LogP contribution < -0.4 is 0 Å². The third-order valence-corrected chi connectivity index (χ3v) is 3.97. The van der Waals surface area contributed by atoms with E-state index < -0.39 is 11.7 Å². The molecule has 0 spiro atoms. The van der Waals surface area contributed by atoms with E-state index in [0.717, 1.165) is 0 Å². The number of hydrogen-bond acceptors (Lipinski definition) is 5. The first kappa shape index (κ1) is 22.2. The number of rotatable bonds is 1. The molecule has 0 radical (unpaired) electrons. The zero-order valence-electron chi connectivity index (χ0n) is 16.5. The third-order valence-electron chi connectivity index (χ3n) is 3.97. The lowest BCUT2D eigenvalue weighted by Gasteiger charge is -2.27. The van der Waals surface area contributed by atoms with Crippen molar-refractivity contribution < 1.29 is 30.3 Å². The maximum absolute atomic E-state index is 11.2.